The van der Waals surface area contributed by atoms with Gasteiger partial charge in [0.1, 0.15) is 35.6 Å². The normalized spacial score (nSPS) is 20.2. The number of rotatable bonds is 7. The topological polar surface area (TPSA) is 127 Å². The number of amides is 3. The Morgan fingerprint density at radius 3 is 2.44 bits per heavy atom. The van der Waals surface area contributed by atoms with Crippen molar-refractivity contribution < 1.29 is 37.1 Å². The van der Waals surface area contributed by atoms with Crippen molar-refractivity contribution in [3.63, 3.8) is 0 Å². The van der Waals surface area contributed by atoms with Crippen LogP contribution in [-0.2, 0) is 14.4 Å². The Hall–Kier alpha value is -4.54. The van der Waals surface area contributed by atoms with Gasteiger partial charge in [0.2, 0.25) is 5.91 Å². The smallest absolute Gasteiger partial charge is 0.257 e. The van der Waals surface area contributed by atoms with E-state index in [1.165, 1.54) is 42.6 Å². The van der Waals surface area contributed by atoms with E-state index in [0.717, 1.165) is 21.9 Å². The Morgan fingerprint density at radius 1 is 1.14 bits per heavy atom. The number of halogens is 5. The first-order valence-electron chi connectivity index (χ1n) is 13.0. The van der Waals surface area contributed by atoms with Gasteiger partial charge in [0.05, 0.1) is 17.3 Å². The summed E-state index contributed by atoms with van der Waals surface area (Å²) in [7, 11) is 0. The van der Waals surface area contributed by atoms with Crippen LogP contribution in [0.5, 0.6) is 0 Å². The van der Waals surface area contributed by atoms with E-state index in [1.54, 1.807) is 0 Å². The number of carbonyl (C=O) groups excluding carboxylic acids is 3. The van der Waals surface area contributed by atoms with E-state index in [-0.39, 0.29) is 22.0 Å². The Balaban J connectivity index is 1.65. The third kappa shape index (κ3) is 6.02. The molecule has 2 fully saturated rings. The molecule has 3 unspecified atom stereocenters. The Kier molecular flexibility index (Phi) is 8.09. The number of benzene rings is 2. The van der Waals surface area contributed by atoms with Gasteiger partial charge in [-0.05, 0) is 30.3 Å². The zero-order valence-corrected chi connectivity index (χ0v) is 22.8. The van der Waals surface area contributed by atoms with Gasteiger partial charge in [0.15, 0.2) is 0 Å². The number of nitrogens with one attached hydrogen (secondary N) is 1. The van der Waals surface area contributed by atoms with Crippen molar-refractivity contribution in [3.8, 4) is 6.07 Å². The van der Waals surface area contributed by atoms with Crippen LogP contribution < -0.4 is 15.1 Å². The summed E-state index contributed by atoms with van der Waals surface area (Å²) in [6, 6.07) is 8.04. The van der Waals surface area contributed by atoms with E-state index in [0.29, 0.717) is 6.07 Å². The molecule has 0 radical (unpaired) electrons. The van der Waals surface area contributed by atoms with Gasteiger partial charge in [-0.1, -0.05) is 29.8 Å². The summed E-state index contributed by atoms with van der Waals surface area (Å²) in [6.07, 6.45) is -2.31. The lowest BCUT2D eigenvalue weighted by Crippen LogP contribution is -2.56. The molecule has 2 aliphatic rings. The highest BCUT2D eigenvalue weighted by Gasteiger charge is 2.50. The second kappa shape index (κ2) is 11.6. The largest absolute Gasteiger partial charge is 0.383 e. The molecule has 14 heteroatoms. The van der Waals surface area contributed by atoms with E-state index < -0.39 is 84.5 Å². The number of carbonyl (C=O) groups is 3. The molecule has 3 amide bonds. The van der Waals surface area contributed by atoms with Crippen LogP contribution >= 0.6 is 11.6 Å². The van der Waals surface area contributed by atoms with Crippen LogP contribution in [0.2, 0.25) is 5.02 Å². The number of hydrogen-bond donors (Lipinski definition) is 2. The van der Waals surface area contributed by atoms with Gasteiger partial charge in [-0.25, -0.2) is 22.5 Å². The fourth-order valence-electron chi connectivity index (χ4n) is 5.22. The van der Waals surface area contributed by atoms with Crippen LogP contribution in [0.15, 0.2) is 60.8 Å². The van der Waals surface area contributed by atoms with Crippen molar-refractivity contribution >= 4 is 40.8 Å². The molecule has 2 N–H and O–H groups in total. The number of aromatic nitrogens is 1. The van der Waals surface area contributed by atoms with Crippen molar-refractivity contribution in [2.24, 2.45) is 0 Å². The molecular formula is C29H22ClF4N5O4. The second-order valence-corrected chi connectivity index (χ2v) is 10.6. The molecule has 5 rings (SSSR count). The maximum Gasteiger partial charge on any atom is 0.257 e. The number of nitrogens with zero attached hydrogens (tertiary/aromatic N) is 4. The van der Waals surface area contributed by atoms with E-state index in [2.05, 4.69) is 10.3 Å². The third-order valence-corrected chi connectivity index (χ3v) is 7.54. The average Bonchev–Trinajstić information content (AvgIpc) is 3.24. The highest BCUT2D eigenvalue weighted by Crippen LogP contribution is 2.40. The Morgan fingerprint density at radius 2 is 1.81 bits per heavy atom. The minimum absolute atomic E-state index is 0.00760. The van der Waals surface area contributed by atoms with Gasteiger partial charge >= 0.3 is 0 Å². The van der Waals surface area contributed by atoms with Crippen molar-refractivity contribution in [3.05, 3.63) is 88.6 Å². The number of anilines is 2. The van der Waals surface area contributed by atoms with E-state index in [9.17, 15) is 42.3 Å². The fourth-order valence-corrected chi connectivity index (χ4v) is 5.45. The summed E-state index contributed by atoms with van der Waals surface area (Å²) in [4.78, 5) is 46.9. The number of pyridine rings is 1. The zero-order chi connectivity index (χ0) is 31.1. The molecule has 1 aliphatic carbocycles. The quantitative estimate of drug-likeness (QED) is 0.387. The molecule has 2 aromatic carbocycles. The van der Waals surface area contributed by atoms with Gasteiger partial charge in [-0.2, -0.15) is 5.26 Å². The molecule has 1 aliphatic heterocycles. The lowest BCUT2D eigenvalue weighted by molar-refractivity contribution is -0.133. The average molecular weight is 616 g/mol. The number of hydrogen-bond acceptors (Lipinski definition) is 6. The predicted octanol–water partition coefficient (Wildman–Crippen LogP) is 4.04. The maximum atomic E-state index is 14.6. The van der Waals surface area contributed by atoms with Gasteiger partial charge in [0.25, 0.3) is 17.7 Å². The molecule has 2 heterocycles. The molecule has 0 spiro atoms. The van der Waals surface area contributed by atoms with Crippen molar-refractivity contribution in [1.82, 2.24) is 10.3 Å². The SMILES string of the molecule is N#Cc1ccnc(N2C(=O)C(O)CC2C(=O)N(c2cc(F)cc(F)c2)C(C(=O)NC2CC(F)(F)C2)c2ccccc2Cl)c1. The van der Waals surface area contributed by atoms with Gasteiger partial charge < -0.3 is 10.4 Å². The van der Waals surface area contributed by atoms with Crippen LogP contribution in [0.1, 0.15) is 36.4 Å². The van der Waals surface area contributed by atoms with E-state index in [4.69, 9.17) is 11.6 Å². The first-order chi connectivity index (χ1) is 20.4. The number of nitriles is 1. The summed E-state index contributed by atoms with van der Waals surface area (Å²) in [6.45, 7) is 0. The Bertz CT molecular complexity index is 1620. The maximum absolute atomic E-state index is 14.6. The van der Waals surface area contributed by atoms with Crippen molar-refractivity contribution in [1.29, 1.82) is 5.26 Å². The highest BCUT2D eigenvalue weighted by molar-refractivity contribution is 6.31. The molecule has 222 valence electrons. The standard InChI is InChI=1S/C29H22ClF4N5O4/c30-21-4-2-1-3-20(21)25(26(41)37-18-12-29(33,34)13-18)38(19-9-16(31)8-17(32)10-19)27(42)22-11-23(40)28(43)39(22)24-7-15(14-35)5-6-36-24/h1-10,18,22-23,25,40H,11-13H2,(H,37,41). The van der Waals surface area contributed by atoms with Crippen LogP contribution in [-0.4, -0.2) is 51.9 Å². The van der Waals surface area contributed by atoms with Crippen LogP contribution in [0.25, 0.3) is 0 Å². The molecular weight excluding hydrogens is 594 g/mol. The number of aliphatic hydroxyl groups excluding tert-OH is 1. The molecule has 43 heavy (non-hydrogen) atoms. The van der Waals surface area contributed by atoms with Crippen LogP contribution in [0.3, 0.4) is 0 Å². The third-order valence-electron chi connectivity index (χ3n) is 7.19. The molecule has 1 saturated heterocycles. The van der Waals surface area contributed by atoms with Gasteiger partial charge in [-0.3, -0.25) is 24.2 Å². The van der Waals surface area contributed by atoms with Crippen LogP contribution in [0.4, 0.5) is 29.1 Å². The first kappa shape index (κ1) is 29.9. The van der Waals surface area contributed by atoms with Crippen molar-refractivity contribution in [2.75, 3.05) is 9.80 Å². The molecule has 1 saturated carbocycles. The first-order valence-corrected chi connectivity index (χ1v) is 13.4. The zero-order valence-electron chi connectivity index (χ0n) is 22.1. The number of alkyl halides is 2. The molecule has 9 nitrogen and oxygen atoms in total. The predicted molar refractivity (Wildman–Crippen MR) is 145 cm³/mol. The fraction of sp³-hybridized carbons (Fsp3) is 0.276. The minimum Gasteiger partial charge on any atom is -0.383 e. The minimum atomic E-state index is -3.00. The molecule has 1 aromatic heterocycles. The molecule has 0 bridgehead atoms. The second-order valence-electron chi connectivity index (χ2n) is 10.2. The molecule has 3 aromatic rings. The van der Waals surface area contributed by atoms with E-state index in [1.807, 2.05) is 6.07 Å². The van der Waals surface area contributed by atoms with Gasteiger partial charge in [-0.15, -0.1) is 0 Å². The van der Waals surface area contributed by atoms with Gasteiger partial charge in [0, 0.05) is 48.2 Å². The lowest BCUT2D eigenvalue weighted by Gasteiger charge is -2.39. The number of aliphatic hydroxyl groups is 1. The Labute approximate surface area is 247 Å². The van der Waals surface area contributed by atoms with Crippen LogP contribution in [0, 0.1) is 23.0 Å². The summed E-state index contributed by atoms with van der Waals surface area (Å²) in [5, 5.41) is 22.2. The van der Waals surface area contributed by atoms with Crippen molar-refractivity contribution in [2.45, 2.75) is 49.4 Å². The van der Waals surface area contributed by atoms with E-state index >= 15 is 0 Å². The monoisotopic (exact) mass is 615 g/mol. The summed E-state index contributed by atoms with van der Waals surface area (Å²) >= 11 is 6.42. The summed E-state index contributed by atoms with van der Waals surface area (Å²) < 4.78 is 56.3. The molecule has 3 atom stereocenters. The summed E-state index contributed by atoms with van der Waals surface area (Å²) in [5.74, 6) is -8.36. The highest BCUT2D eigenvalue weighted by atomic mass is 35.5. The summed E-state index contributed by atoms with van der Waals surface area (Å²) in [5.41, 5.74) is -0.374. The lowest BCUT2D eigenvalue weighted by atomic mass is 9.87.